The van der Waals surface area contributed by atoms with E-state index >= 15 is 0 Å². The number of halogens is 1. The highest BCUT2D eigenvalue weighted by Gasteiger charge is 2.34. The van der Waals surface area contributed by atoms with E-state index in [-0.39, 0.29) is 35.3 Å². The summed E-state index contributed by atoms with van der Waals surface area (Å²) < 4.78 is 28.2. The van der Waals surface area contributed by atoms with Crippen LogP contribution in [0.3, 0.4) is 0 Å². The van der Waals surface area contributed by atoms with Crippen molar-refractivity contribution < 1.29 is 13.2 Å². The molecule has 0 radical (unpaired) electrons. The highest BCUT2D eigenvalue weighted by Crippen LogP contribution is 2.35. The Bertz CT molecular complexity index is 1530. The summed E-state index contributed by atoms with van der Waals surface area (Å²) in [6.07, 6.45) is 3.54. The smallest absolute Gasteiger partial charge is 0.256 e. The molecule has 14 heteroatoms. The number of nitrogens with two attached hydrogens (primary N) is 2. The number of amides is 1. The van der Waals surface area contributed by atoms with Gasteiger partial charge in [-0.05, 0) is 37.5 Å². The van der Waals surface area contributed by atoms with Crippen LogP contribution in [0, 0.1) is 0 Å². The number of likely N-dealkylation sites (tertiary alicyclic amines) is 1. The average Bonchev–Trinajstić information content (AvgIpc) is 3.28. The molecule has 3 aliphatic heterocycles. The van der Waals surface area contributed by atoms with E-state index in [1.54, 1.807) is 11.0 Å². The van der Waals surface area contributed by atoms with Gasteiger partial charge in [0.1, 0.15) is 11.6 Å². The first kappa shape index (κ1) is 26.1. The second kappa shape index (κ2) is 9.81. The second-order valence-corrected chi connectivity index (χ2v) is 12.9. The first-order valence-corrected chi connectivity index (χ1v) is 15.3. The number of rotatable bonds is 6. The van der Waals surface area contributed by atoms with Gasteiger partial charge >= 0.3 is 0 Å². The summed E-state index contributed by atoms with van der Waals surface area (Å²) in [5.74, 6) is 1.45. The number of nitrogens with one attached hydrogen (secondary N) is 1. The SMILES string of the molecule is CS(=O)(=O)Nc1ccc(Cl)cc1C(=O)N1CCCC[C@H]1c1cc2nc(N3CC(N)C3)cc(N3CC(N)C3)n2n1. The van der Waals surface area contributed by atoms with Crippen molar-refractivity contribution in [1.82, 2.24) is 19.5 Å². The van der Waals surface area contributed by atoms with Crippen LogP contribution in [0.15, 0.2) is 30.3 Å². The van der Waals surface area contributed by atoms with Crippen molar-refractivity contribution in [3.05, 3.63) is 46.6 Å². The lowest BCUT2D eigenvalue weighted by Crippen LogP contribution is -2.57. The molecule has 3 fully saturated rings. The Hall–Kier alpha value is -3.13. The fourth-order valence-electron chi connectivity index (χ4n) is 5.53. The Balaban J connectivity index is 1.37. The van der Waals surface area contributed by atoms with Gasteiger partial charge in [-0.2, -0.15) is 9.61 Å². The predicted molar refractivity (Wildman–Crippen MR) is 151 cm³/mol. The molecule has 6 rings (SSSR count). The second-order valence-electron chi connectivity index (χ2n) is 10.7. The maximum absolute atomic E-state index is 13.9. The summed E-state index contributed by atoms with van der Waals surface area (Å²) in [6.45, 7) is 3.47. The Labute approximate surface area is 231 Å². The fraction of sp³-hybridized carbons (Fsp3) is 0.480. The Morgan fingerprint density at radius 2 is 1.77 bits per heavy atom. The van der Waals surface area contributed by atoms with E-state index in [4.69, 9.17) is 33.2 Å². The summed E-state index contributed by atoms with van der Waals surface area (Å²) in [4.78, 5) is 24.9. The van der Waals surface area contributed by atoms with Gasteiger partial charge in [0, 0.05) is 62.0 Å². The van der Waals surface area contributed by atoms with Crippen LogP contribution in [0.5, 0.6) is 0 Å². The quantitative estimate of drug-likeness (QED) is 0.397. The van der Waals surface area contributed by atoms with Crippen molar-refractivity contribution in [2.45, 2.75) is 37.4 Å². The number of hydrogen-bond acceptors (Lipinski definition) is 9. The largest absolute Gasteiger partial charge is 0.353 e. The standard InChI is InChI=1S/C25H32ClN9O3S/c1-39(37,38)31-19-6-5-15(26)8-18(19)25(36)34-7-3-2-4-21(34)20-9-23-29-22(32-11-16(27)12-32)10-24(35(23)30-20)33-13-17(28)14-33/h5-6,8-10,16-17,21,31H,2-4,7,11-14,27-28H2,1H3/t21-/m0/s1. The maximum Gasteiger partial charge on any atom is 0.256 e. The van der Waals surface area contributed by atoms with Crippen molar-refractivity contribution >= 4 is 50.5 Å². The molecule has 12 nitrogen and oxygen atoms in total. The van der Waals surface area contributed by atoms with Gasteiger partial charge in [-0.25, -0.2) is 13.4 Å². The van der Waals surface area contributed by atoms with Crippen LogP contribution in [0.25, 0.3) is 5.65 Å². The third-order valence-electron chi connectivity index (χ3n) is 7.49. The van der Waals surface area contributed by atoms with Crippen molar-refractivity contribution in [1.29, 1.82) is 0 Å². The molecule has 0 unspecified atom stereocenters. The molecule has 1 aromatic carbocycles. The van der Waals surface area contributed by atoms with E-state index in [1.807, 2.05) is 16.6 Å². The van der Waals surface area contributed by atoms with Gasteiger partial charge in [0.15, 0.2) is 5.65 Å². The van der Waals surface area contributed by atoms with E-state index < -0.39 is 10.0 Å². The number of aromatic nitrogens is 3. The molecule has 208 valence electrons. The number of carbonyl (C=O) groups is 1. The molecular weight excluding hydrogens is 542 g/mol. The van der Waals surface area contributed by atoms with Crippen LogP contribution in [0.4, 0.5) is 17.3 Å². The topological polar surface area (TPSA) is 155 Å². The summed E-state index contributed by atoms with van der Waals surface area (Å²) in [5, 5.41) is 5.29. The van der Waals surface area contributed by atoms with E-state index in [1.165, 1.54) is 12.1 Å². The number of sulfonamides is 1. The number of nitrogens with zero attached hydrogens (tertiary/aromatic N) is 6. The molecule has 2 aromatic heterocycles. The molecule has 1 amide bonds. The van der Waals surface area contributed by atoms with Crippen LogP contribution in [-0.2, 0) is 10.0 Å². The van der Waals surface area contributed by atoms with Crippen LogP contribution in [0.1, 0.15) is 41.4 Å². The number of piperidine rings is 1. The molecule has 0 bridgehead atoms. The molecule has 5 heterocycles. The van der Waals surface area contributed by atoms with Crippen molar-refractivity contribution in [3.63, 3.8) is 0 Å². The minimum atomic E-state index is -3.60. The highest BCUT2D eigenvalue weighted by atomic mass is 35.5. The predicted octanol–water partition coefficient (Wildman–Crippen LogP) is 1.42. The number of hydrogen-bond donors (Lipinski definition) is 3. The fourth-order valence-corrected chi connectivity index (χ4v) is 6.28. The van der Waals surface area contributed by atoms with Gasteiger partial charge in [0.2, 0.25) is 10.0 Å². The summed E-state index contributed by atoms with van der Waals surface area (Å²) >= 11 is 6.22. The zero-order valence-corrected chi connectivity index (χ0v) is 23.2. The maximum atomic E-state index is 13.9. The average molecular weight is 574 g/mol. The van der Waals surface area contributed by atoms with E-state index in [0.29, 0.717) is 17.2 Å². The van der Waals surface area contributed by atoms with Crippen LogP contribution >= 0.6 is 11.6 Å². The first-order chi connectivity index (χ1) is 18.6. The summed E-state index contributed by atoms with van der Waals surface area (Å²) in [5.41, 5.74) is 13.9. The molecule has 5 N–H and O–H groups in total. The van der Waals surface area contributed by atoms with Crippen molar-refractivity contribution in [2.75, 3.05) is 53.5 Å². The van der Waals surface area contributed by atoms with Gasteiger partial charge in [-0.3, -0.25) is 9.52 Å². The Morgan fingerprint density at radius 3 is 2.46 bits per heavy atom. The molecule has 0 aliphatic carbocycles. The van der Waals surface area contributed by atoms with Gasteiger partial charge in [-0.15, -0.1) is 0 Å². The van der Waals surface area contributed by atoms with Crippen molar-refractivity contribution in [3.8, 4) is 0 Å². The number of fused-ring (bicyclic) bond motifs is 1. The lowest BCUT2D eigenvalue weighted by molar-refractivity contribution is 0.0607. The number of anilines is 3. The molecule has 0 spiro atoms. The van der Waals surface area contributed by atoms with E-state index in [2.05, 4.69) is 14.5 Å². The van der Waals surface area contributed by atoms with Gasteiger partial charge in [0.05, 0.1) is 29.2 Å². The van der Waals surface area contributed by atoms with Gasteiger partial charge in [0.25, 0.3) is 5.91 Å². The first-order valence-electron chi connectivity index (χ1n) is 13.1. The summed E-state index contributed by atoms with van der Waals surface area (Å²) in [7, 11) is -3.60. The van der Waals surface area contributed by atoms with Gasteiger partial charge < -0.3 is 26.2 Å². The Kier molecular flexibility index (Phi) is 6.57. The lowest BCUT2D eigenvalue weighted by atomic mass is 9.98. The van der Waals surface area contributed by atoms with Crippen LogP contribution in [-0.4, -0.2) is 84.9 Å². The molecule has 3 saturated heterocycles. The third kappa shape index (κ3) is 5.11. The summed E-state index contributed by atoms with van der Waals surface area (Å²) in [6, 6.07) is 8.49. The zero-order valence-electron chi connectivity index (χ0n) is 21.6. The Morgan fingerprint density at radius 1 is 1.05 bits per heavy atom. The van der Waals surface area contributed by atoms with Gasteiger partial charge in [-0.1, -0.05) is 11.6 Å². The molecule has 3 aromatic rings. The lowest BCUT2D eigenvalue weighted by Gasteiger charge is -2.41. The molecule has 3 aliphatic rings. The minimum absolute atomic E-state index is 0.114. The van der Waals surface area contributed by atoms with Crippen LogP contribution < -0.4 is 26.0 Å². The number of benzene rings is 1. The minimum Gasteiger partial charge on any atom is -0.353 e. The highest BCUT2D eigenvalue weighted by molar-refractivity contribution is 7.92. The molecular formula is C25H32ClN9O3S. The van der Waals surface area contributed by atoms with E-state index in [9.17, 15) is 13.2 Å². The third-order valence-corrected chi connectivity index (χ3v) is 8.32. The molecule has 1 atom stereocenters. The zero-order chi connectivity index (χ0) is 27.5. The molecule has 0 saturated carbocycles. The van der Waals surface area contributed by atoms with Crippen LogP contribution in [0.2, 0.25) is 5.02 Å². The monoisotopic (exact) mass is 573 g/mol. The molecule has 39 heavy (non-hydrogen) atoms. The van der Waals surface area contributed by atoms with E-state index in [0.717, 1.165) is 69.0 Å². The number of carbonyl (C=O) groups excluding carboxylic acids is 1. The normalized spacial score (nSPS) is 20.7. The van der Waals surface area contributed by atoms with Crippen molar-refractivity contribution in [2.24, 2.45) is 11.5 Å².